The normalized spacial score (nSPS) is 17.6. The van der Waals surface area contributed by atoms with Gasteiger partial charge in [-0.25, -0.2) is 0 Å². The van der Waals surface area contributed by atoms with E-state index in [-0.39, 0.29) is 0 Å². The van der Waals surface area contributed by atoms with Crippen molar-refractivity contribution in [2.45, 2.75) is 19.0 Å². The molecule has 1 aliphatic rings. The van der Waals surface area contributed by atoms with Crippen molar-refractivity contribution in [1.82, 2.24) is 4.90 Å². The molecular formula is C21H21NO2. The van der Waals surface area contributed by atoms with Gasteiger partial charge in [-0.3, -0.25) is 4.90 Å². The summed E-state index contributed by atoms with van der Waals surface area (Å²) in [6.07, 6.45) is 1.17. The molecule has 0 unspecified atom stereocenters. The maximum absolute atomic E-state index is 10.4. The summed E-state index contributed by atoms with van der Waals surface area (Å²) in [5, 5.41) is 12.6. The summed E-state index contributed by atoms with van der Waals surface area (Å²) in [7, 11) is 1.67. The molecule has 3 heteroatoms. The average Bonchev–Trinajstić information content (AvgIpc) is 2.60. The number of hydrogen-bond acceptors (Lipinski definition) is 3. The van der Waals surface area contributed by atoms with E-state index in [0.717, 1.165) is 35.2 Å². The van der Waals surface area contributed by atoms with E-state index < -0.39 is 0 Å². The van der Waals surface area contributed by atoms with Gasteiger partial charge in [-0.05, 0) is 41.0 Å². The van der Waals surface area contributed by atoms with Crippen molar-refractivity contribution in [2.75, 3.05) is 13.7 Å². The number of phenols is 1. The number of aromatic hydroxyl groups is 1. The zero-order valence-corrected chi connectivity index (χ0v) is 13.8. The molecule has 1 aliphatic heterocycles. The third-order valence-electron chi connectivity index (χ3n) is 4.99. The topological polar surface area (TPSA) is 32.7 Å². The molecule has 1 atom stereocenters. The van der Waals surface area contributed by atoms with Crippen LogP contribution in [0.2, 0.25) is 0 Å². The van der Waals surface area contributed by atoms with Crippen LogP contribution in [0.3, 0.4) is 0 Å². The van der Waals surface area contributed by atoms with Crippen LogP contribution in [-0.2, 0) is 6.54 Å². The molecule has 0 spiro atoms. The number of likely N-dealkylation sites (tertiary alicyclic amines) is 1. The second-order valence-corrected chi connectivity index (χ2v) is 6.34. The van der Waals surface area contributed by atoms with Gasteiger partial charge in [-0.15, -0.1) is 0 Å². The largest absolute Gasteiger partial charge is 0.508 e. The van der Waals surface area contributed by atoms with E-state index in [1.165, 1.54) is 12.0 Å². The Balaban J connectivity index is 1.68. The minimum Gasteiger partial charge on any atom is -0.508 e. The summed E-state index contributed by atoms with van der Waals surface area (Å²) in [4.78, 5) is 2.42. The Bertz CT molecular complexity index is 860. The summed E-state index contributed by atoms with van der Waals surface area (Å²) >= 11 is 0. The quantitative estimate of drug-likeness (QED) is 0.768. The highest BCUT2D eigenvalue weighted by Gasteiger charge is 2.30. The number of fused-ring (bicyclic) bond motifs is 1. The van der Waals surface area contributed by atoms with Crippen LogP contribution in [0.1, 0.15) is 23.6 Å². The summed E-state index contributed by atoms with van der Waals surface area (Å²) in [6, 6.07) is 20.8. The number of nitrogens with zero attached hydrogens (tertiary/aromatic N) is 1. The predicted molar refractivity (Wildman–Crippen MR) is 96.4 cm³/mol. The van der Waals surface area contributed by atoms with Gasteiger partial charge in [0.25, 0.3) is 0 Å². The van der Waals surface area contributed by atoms with E-state index in [9.17, 15) is 5.11 Å². The number of phenolic OH excluding ortho intramolecular Hbond substituents is 1. The fourth-order valence-corrected chi connectivity index (χ4v) is 3.53. The molecule has 0 aromatic heterocycles. The van der Waals surface area contributed by atoms with Crippen LogP contribution in [0.4, 0.5) is 0 Å². The first-order valence-electron chi connectivity index (χ1n) is 8.34. The van der Waals surface area contributed by atoms with Gasteiger partial charge in [0.2, 0.25) is 0 Å². The minimum absolute atomic E-state index is 0.356. The van der Waals surface area contributed by atoms with Gasteiger partial charge >= 0.3 is 0 Å². The Labute approximate surface area is 142 Å². The van der Waals surface area contributed by atoms with Crippen molar-refractivity contribution in [3.8, 4) is 11.5 Å². The van der Waals surface area contributed by atoms with Crippen molar-refractivity contribution in [1.29, 1.82) is 0 Å². The molecule has 0 amide bonds. The van der Waals surface area contributed by atoms with Crippen LogP contribution in [0.5, 0.6) is 11.5 Å². The maximum Gasteiger partial charge on any atom is 0.120 e. The standard InChI is InChI=1S/C21H21NO2/c1-24-17-9-7-15-8-10-21(23)19(18(15)13-17)14-22-12-11-20(22)16-5-3-2-4-6-16/h2-10,13,20,23H,11-12,14H2,1H3/t20-/m0/s1. The number of methoxy groups -OCH3 is 1. The molecule has 3 aromatic rings. The van der Waals surface area contributed by atoms with Crippen LogP contribution in [-0.4, -0.2) is 23.7 Å². The Kier molecular flexibility index (Phi) is 3.87. The maximum atomic E-state index is 10.4. The van der Waals surface area contributed by atoms with Gasteiger partial charge in [0.1, 0.15) is 11.5 Å². The number of rotatable bonds is 4. The highest BCUT2D eigenvalue weighted by atomic mass is 16.5. The minimum atomic E-state index is 0.356. The first-order chi connectivity index (χ1) is 11.8. The molecule has 1 saturated heterocycles. The number of hydrogen-bond donors (Lipinski definition) is 1. The molecule has 0 aliphatic carbocycles. The Morgan fingerprint density at radius 1 is 1.08 bits per heavy atom. The van der Waals surface area contributed by atoms with Crippen LogP contribution in [0.25, 0.3) is 10.8 Å². The van der Waals surface area contributed by atoms with Gasteiger partial charge in [0.15, 0.2) is 0 Å². The summed E-state index contributed by atoms with van der Waals surface area (Å²) in [5.41, 5.74) is 2.33. The van der Waals surface area contributed by atoms with Gasteiger partial charge in [-0.1, -0.05) is 42.5 Å². The lowest BCUT2D eigenvalue weighted by molar-refractivity contribution is 0.0815. The first kappa shape index (κ1) is 15.0. The van der Waals surface area contributed by atoms with E-state index >= 15 is 0 Å². The van der Waals surface area contributed by atoms with E-state index in [2.05, 4.69) is 35.2 Å². The monoisotopic (exact) mass is 319 g/mol. The number of ether oxygens (including phenoxy) is 1. The molecular weight excluding hydrogens is 298 g/mol. The van der Waals surface area contributed by atoms with Gasteiger partial charge < -0.3 is 9.84 Å². The molecule has 0 radical (unpaired) electrons. The first-order valence-corrected chi connectivity index (χ1v) is 8.34. The third-order valence-corrected chi connectivity index (χ3v) is 4.99. The highest BCUT2D eigenvalue weighted by Crippen LogP contribution is 2.38. The van der Waals surface area contributed by atoms with Crippen LogP contribution in [0, 0.1) is 0 Å². The Hall–Kier alpha value is -2.52. The van der Waals surface area contributed by atoms with Crippen molar-refractivity contribution in [3.63, 3.8) is 0 Å². The predicted octanol–water partition coefficient (Wildman–Crippen LogP) is 4.50. The molecule has 0 bridgehead atoms. The molecule has 1 heterocycles. The summed E-state index contributed by atoms with van der Waals surface area (Å²) in [5.74, 6) is 1.17. The zero-order chi connectivity index (χ0) is 16.5. The molecule has 122 valence electrons. The second-order valence-electron chi connectivity index (χ2n) is 6.34. The smallest absolute Gasteiger partial charge is 0.120 e. The van der Waals surface area contributed by atoms with Crippen molar-refractivity contribution < 1.29 is 9.84 Å². The molecule has 1 N–H and O–H groups in total. The lowest BCUT2D eigenvalue weighted by atomic mass is 9.93. The average molecular weight is 319 g/mol. The van der Waals surface area contributed by atoms with E-state index in [1.807, 2.05) is 24.3 Å². The highest BCUT2D eigenvalue weighted by molar-refractivity contribution is 5.89. The fraction of sp³-hybridized carbons (Fsp3) is 0.238. The molecule has 3 aromatic carbocycles. The lowest BCUT2D eigenvalue weighted by Gasteiger charge is -2.41. The van der Waals surface area contributed by atoms with E-state index in [1.54, 1.807) is 13.2 Å². The summed E-state index contributed by atoms with van der Waals surface area (Å²) < 4.78 is 5.36. The van der Waals surface area contributed by atoms with Crippen LogP contribution < -0.4 is 4.74 Å². The Morgan fingerprint density at radius 2 is 1.88 bits per heavy atom. The van der Waals surface area contributed by atoms with Gasteiger partial charge in [0, 0.05) is 24.7 Å². The van der Waals surface area contributed by atoms with Gasteiger partial charge in [-0.2, -0.15) is 0 Å². The van der Waals surface area contributed by atoms with E-state index in [0.29, 0.717) is 11.8 Å². The van der Waals surface area contributed by atoms with Crippen LogP contribution >= 0.6 is 0 Å². The molecule has 4 rings (SSSR count). The fourth-order valence-electron chi connectivity index (χ4n) is 3.53. The Morgan fingerprint density at radius 3 is 2.58 bits per heavy atom. The number of benzene rings is 3. The second kappa shape index (κ2) is 6.17. The van der Waals surface area contributed by atoms with Gasteiger partial charge in [0.05, 0.1) is 7.11 Å². The molecule has 1 fully saturated rings. The van der Waals surface area contributed by atoms with Crippen molar-refractivity contribution in [2.24, 2.45) is 0 Å². The lowest BCUT2D eigenvalue weighted by Crippen LogP contribution is -2.40. The SMILES string of the molecule is COc1ccc2ccc(O)c(CN3CC[C@H]3c3ccccc3)c2c1. The molecule has 24 heavy (non-hydrogen) atoms. The third kappa shape index (κ3) is 2.61. The molecule has 0 saturated carbocycles. The van der Waals surface area contributed by atoms with Crippen molar-refractivity contribution >= 4 is 10.8 Å². The van der Waals surface area contributed by atoms with Crippen LogP contribution in [0.15, 0.2) is 60.7 Å². The molecule has 3 nitrogen and oxygen atoms in total. The zero-order valence-electron chi connectivity index (χ0n) is 13.8. The van der Waals surface area contributed by atoms with Crippen molar-refractivity contribution in [3.05, 3.63) is 71.8 Å². The van der Waals surface area contributed by atoms with E-state index in [4.69, 9.17) is 4.74 Å². The summed E-state index contributed by atoms with van der Waals surface area (Å²) in [6.45, 7) is 1.80.